The van der Waals surface area contributed by atoms with Crippen LogP contribution in [-0.4, -0.2) is 18.3 Å². The van der Waals surface area contributed by atoms with Gasteiger partial charge in [-0.3, -0.25) is 0 Å². The van der Waals surface area contributed by atoms with Crippen molar-refractivity contribution < 1.29 is 19.0 Å². The lowest BCUT2D eigenvalue weighted by Crippen LogP contribution is -2.06. The van der Waals surface area contributed by atoms with Crippen LogP contribution in [0.25, 0.3) is 22.1 Å². The van der Waals surface area contributed by atoms with Crippen LogP contribution in [0.15, 0.2) is 51.7 Å². The second-order valence-corrected chi connectivity index (χ2v) is 5.67. The summed E-state index contributed by atoms with van der Waals surface area (Å²) in [5, 5.41) is 11.0. The Hall–Kier alpha value is -2.95. The molecule has 1 heterocycles. The van der Waals surface area contributed by atoms with Crippen molar-refractivity contribution >= 4 is 11.0 Å². The van der Waals surface area contributed by atoms with Gasteiger partial charge in [-0.2, -0.15) is 0 Å². The second-order valence-electron chi connectivity index (χ2n) is 5.67. The first-order valence-corrected chi connectivity index (χ1v) is 7.60. The zero-order valence-corrected chi connectivity index (χ0v) is 13.7. The highest BCUT2D eigenvalue weighted by Crippen LogP contribution is 2.35. The third-order valence-corrected chi connectivity index (χ3v) is 3.60. The fourth-order valence-electron chi connectivity index (χ4n) is 2.52. The van der Waals surface area contributed by atoms with E-state index >= 15 is 0 Å². The Kier molecular flexibility index (Phi) is 4.16. The Morgan fingerprint density at radius 3 is 2.33 bits per heavy atom. The molecule has 0 bridgehead atoms. The summed E-state index contributed by atoms with van der Waals surface area (Å²) in [4.78, 5) is 12.3. The molecule has 3 rings (SSSR count). The molecule has 0 fully saturated rings. The van der Waals surface area contributed by atoms with Crippen molar-refractivity contribution in [3.8, 4) is 28.4 Å². The Balaban J connectivity index is 2.14. The predicted octanol–water partition coefficient (Wildman–Crippen LogP) is 3.96. The van der Waals surface area contributed by atoms with Gasteiger partial charge in [-0.1, -0.05) is 12.1 Å². The molecule has 1 N–H and O–H groups in total. The van der Waals surface area contributed by atoms with E-state index in [1.54, 1.807) is 49.6 Å². The van der Waals surface area contributed by atoms with E-state index in [2.05, 4.69) is 0 Å². The molecule has 5 heteroatoms. The molecular weight excluding hydrogens is 308 g/mol. The first-order valence-electron chi connectivity index (χ1n) is 7.60. The van der Waals surface area contributed by atoms with Crippen molar-refractivity contribution in [1.29, 1.82) is 0 Å². The summed E-state index contributed by atoms with van der Waals surface area (Å²) in [6.07, 6.45) is 0.00124. The van der Waals surface area contributed by atoms with Crippen molar-refractivity contribution in [1.82, 2.24) is 0 Å². The van der Waals surface area contributed by atoms with Crippen molar-refractivity contribution in [2.24, 2.45) is 0 Å². The highest BCUT2D eigenvalue weighted by atomic mass is 16.5. The molecule has 2 aromatic carbocycles. The van der Waals surface area contributed by atoms with Crippen molar-refractivity contribution in [2.75, 3.05) is 7.11 Å². The zero-order chi connectivity index (χ0) is 17.3. The highest BCUT2D eigenvalue weighted by Gasteiger charge is 2.16. The SMILES string of the molecule is COc1ccc(-c2c(O)c3ccc(OC(C)C)cc3oc2=O)cc1. The molecule has 0 atom stereocenters. The standard InChI is InChI=1S/C19H18O5/c1-11(2)23-14-8-9-15-16(10-14)24-19(21)17(18(15)20)12-4-6-13(22-3)7-5-12/h4-11,20H,1-3H3. The number of rotatable bonds is 4. The molecule has 0 aliphatic rings. The lowest BCUT2D eigenvalue weighted by molar-refractivity contribution is 0.242. The van der Waals surface area contributed by atoms with Crippen LogP contribution in [0.5, 0.6) is 17.2 Å². The predicted molar refractivity (Wildman–Crippen MR) is 91.9 cm³/mol. The van der Waals surface area contributed by atoms with Gasteiger partial charge in [0.05, 0.1) is 18.6 Å². The van der Waals surface area contributed by atoms with Crippen LogP contribution in [0.3, 0.4) is 0 Å². The van der Waals surface area contributed by atoms with Crippen molar-refractivity contribution in [3.05, 3.63) is 52.9 Å². The average Bonchev–Trinajstić information content (AvgIpc) is 2.54. The number of fused-ring (bicyclic) bond motifs is 1. The third kappa shape index (κ3) is 2.93. The van der Waals surface area contributed by atoms with Gasteiger partial charge in [-0.05, 0) is 43.7 Å². The van der Waals surface area contributed by atoms with E-state index in [0.29, 0.717) is 22.4 Å². The largest absolute Gasteiger partial charge is 0.506 e. The van der Waals surface area contributed by atoms with E-state index in [0.717, 1.165) is 0 Å². The topological polar surface area (TPSA) is 68.9 Å². The van der Waals surface area contributed by atoms with E-state index in [1.807, 2.05) is 13.8 Å². The maximum atomic E-state index is 12.3. The highest BCUT2D eigenvalue weighted by molar-refractivity contribution is 5.90. The summed E-state index contributed by atoms with van der Waals surface area (Å²) in [5.74, 6) is 1.14. The third-order valence-electron chi connectivity index (χ3n) is 3.60. The van der Waals surface area contributed by atoms with Gasteiger partial charge in [0.15, 0.2) is 0 Å². The molecule has 0 spiro atoms. The molecule has 3 aromatic rings. The first-order chi connectivity index (χ1) is 11.5. The first kappa shape index (κ1) is 15.9. The van der Waals surface area contributed by atoms with Gasteiger partial charge in [-0.15, -0.1) is 0 Å². The van der Waals surface area contributed by atoms with Crippen molar-refractivity contribution in [2.45, 2.75) is 20.0 Å². The zero-order valence-electron chi connectivity index (χ0n) is 13.7. The van der Waals surface area contributed by atoms with Crippen LogP contribution in [0.4, 0.5) is 0 Å². The average molecular weight is 326 g/mol. The van der Waals surface area contributed by atoms with E-state index in [-0.39, 0.29) is 23.0 Å². The minimum atomic E-state index is -0.605. The number of ether oxygens (including phenoxy) is 2. The van der Waals surface area contributed by atoms with Crippen LogP contribution < -0.4 is 15.1 Å². The molecule has 0 aliphatic carbocycles. The summed E-state index contributed by atoms with van der Waals surface area (Å²) in [6, 6.07) is 11.9. The lowest BCUT2D eigenvalue weighted by atomic mass is 10.0. The van der Waals surface area contributed by atoms with Gasteiger partial charge < -0.3 is 19.0 Å². The van der Waals surface area contributed by atoms with Crippen LogP contribution in [0.1, 0.15) is 13.8 Å². The van der Waals surface area contributed by atoms with Gasteiger partial charge in [0.1, 0.15) is 28.4 Å². The van der Waals surface area contributed by atoms with Gasteiger partial charge >= 0.3 is 5.63 Å². The van der Waals surface area contributed by atoms with Gasteiger partial charge in [0.2, 0.25) is 0 Å². The Morgan fingerprint density at radius 2 is 1.71 bits per heavy atom. The van der Waals surface area contributed by atoms with Crippen LogP contribution in [0.2, 0.25) is 0 Å². The number of hydrogen-bond acceptors (Lipinski definition) is 5. The molecule has 1 aromatic heterocycles. The minimum Gasteiger partial charge on any atom is -0.506 e. The Labute approximate surface area is 139 Å². The van der Waals surface area contributed by atoms with Crippen LogP contribution in [0, 0.1) is 0 Å². The molecule has 5 nitrogen and oxygen atoms in total. The lowest BCUT2D eigenvalue weighted by Gasteiger charge is -2.11. The molecular formula is C19H18O5. The van der Waals surface area contributed by atoms with Gasteiger partial charge in [0.25, 0.3) is 0 Å². The second kappa shape index (κ2) is 6.28. The maximum absolute atomic E-state index is 12.3. The molecule has 0 saturated carbocycles. The number of benzene rings is 2. The number of hydrogen-bond donors (Lipinski definition) is 1. The van der Waals surface area contributed by atoms with E-state index < -0.39 is 5.63 Å². The normalized spacial score (nSPS) is 11.0. The van der Waals surface area contributed by atoms with Crippen LogP contribution >= 0.6 is 0 Å². The summed E-state index contributed by atoms with van der Waals surface area (Å²) < 4.78 is 16.1. The molecule has 24 heavy (non-hydrogen) atoms. The fourth-order valence-corrected chi connectivity index (χ4v) is 2.52. The van der Waals surface area contributed by atoms with Crippen molar-refractivity contribution in [3.63, 3.8) is 0 Å². The molecule has 0 aliphatic heterocycles. The molecule has 0 radical (unpaired) electrons. The van der Waals surface area contributed by atoms with E-state index in [1.165, 1.54) is 0 Å². The summed E-state index contributed by atoms with van der Waals surface area (Å²) >= 11 is 0. The summed E-state index contributed by atoms with van der Waals surface area (Å²) in [6.45, 7) is 3.81. The van der Waals surface area contributed by atoms with E-state index in [9.17, 15) is 9.90 Å². The summed E-state index contributed by atoms with van der Waals surface area (Å²) in [7, 11) is 1.56. The quantitative estimate of drug-likeness (QED) is 0.735. The van der Waals surface area contributed by atoms with Crippen LogP contribution in [-0.2, 0) is 0 Å². The monoisotopic (exact) mass is 326 g/mol. The molecule has 124 valence electrons. The Morgan fingerprint density at radius 1 is 1.04 bits per heavy atom. The summed E-state index contributed by atoms with van der Waals surface area (Å²) in [5.41, 5.74) is 0.369. The minimum absolute atomic E-state index is 0.00124. The fraction of sp³-hybridized carbons (Fsp3) is 0.211. The smallest absolute Gasteiger partial charge is 0.347 e. The molecule has 0 amide bonds. The van der Waals surface area contributed by atoms with E-state index in [4.69, 9.17) is 13.9 Å². The number of aromatic hydroxyl groups is 1. The van der Waals surface area contributed by atoms with Gasteiger partial charge in [0, 0.05) is 6.07 Å². The Bertz CT molecular complexity index is 923. The van der Waals surface area contributed by atoms with Gasteiger partial charge in [-0.25, -0.2) is 4.79 Å². The molecule has 0 saturated heterocycles. The number of methoxy groups -OCH3 is 1. The molecule has 0 unspecified atom stereocenters. The maximum Gasteiger partial charge on any atom is 0.347 e.